The van der Waals surface area contributed by atoms with Crippen molar-refractivity contribution >= 4 is 11.6 Å². The zero-order chi connectivity index (χ0) is 17.9. The van der Waals surface area contributed by atoms with Crippen LogP contribution in [0.2, 0.25) is 5.02 Å². The summed E-state index contributed by atoms with van der Waals surface area (Å²) in [4.78, 5) is 14.6. The normalized spacial score (nSPS) is 10.5. The average molecular weight is 347 g/mol. The lowest BCUT2D eigenvalue weighted by Gasteiger charge is -2.17. The van der Waals surface area contributed by atoms with E-state index in [4.69, 9.17) is 21.1 Å². The molecule has 2 aromatic rings. The Bertz CT molecular complexity index is 851. The van der Waals surface area contributed by atoms with Gasteiger partial charge in [-0.05, 0) is 51.5 Å². The van der Waals surface area contributed by atoms with Crippen molar-refractivity contribution in [2.24, 2.45) is 0 Å². The van der Waals surface area contributed by atoms with Crippen molar-refractivity contribution in [1.29, 1.82) is 5.26 Å². The third kappa shape index (κ3) is 3.72. The van der Waals surface area contributed by atoms with E-state index in [0.717, 1.165) is 0 Å². The van der Waals surface area contributed by atoms with Gasteiger partial charge in [-0.2, -0.15) is 5.26 Å². The molecule has 126 valence electrons. The number of aryl methyl sites for hydroxylation is 1. The van der Waals surface area contributed by atoms with Crippen LogP contribution in [0.3, 0.4) is 0 Å². The maximum Gasteiger partial charge on any atom is 0.266 e. The summed E-state index contributed by atoms with van der Waals surface area (Å²) in [6, 6.07) is 7.10. The van der Waals surface area contributed by atoms with Crippen LogP contribution in [-0.2, 0) is 0 Å². The molecule has 1 N–H and O–H groups in total. The number of nitrogens with one attached hydrogen (secondary N) is 1. The van der Waals surface area contributed by atoms with Crippen molar-refractivity contribution in [3.05, 3.63) is 44.8 Å². The number of H-pyrrole nitrogens is 1. The maximum atomic E-state index is 12.0. The molecule has 0 unspecified atom stereocenters. The molecule has 0 radical (unpaired) electrons. The lowest BCUT2D eigenvalue weighted by molar-refractivity contribution is 0.224. The summed E-state index contributed by atoms with van der Waals surface area (Å²) in [6.45, 7) is 7.85. The molecule has 0 amide bonds. The van der Waals surface area contributed by atoms with Gasteiger partial charge < -0.3 is 14.5 Å². The fraction of sp³-hybridized carbons (Fsp3) is 0.333. The van der Waals surface area contributed by atoms with Gasteiger partial charge in [0, 0.05) is 11.3 Å². The largest absolute Gasteiger partial charge is 0.490 e. The van der Waals surface area contributed by atoms with Crippen LogP contribution in [0.25, 0.3) is 11.1 Å². The van der Waals surface area contributed by atoms with E-state index in [-0.39, 0.29) is 11.7 Å². The Balaban J connectivity index is 2.69. The highest BCUT2D eigenvalue weighted by atomic mass is 35.5. The number of halogens is 1. The molecule has 0 aliphatic rings. The molecule has 2 rings (SSSR count). The number of pyridine rings is 1. The van der Waals surface area contributed by atoms with E-state index in [1.807, 2.05) is 26.8 Å². The number of rotatable bonds is 5. The fourth-order valence-corrected chi connectivity index (χ4v) is 2.62. The Morgan fingerprint density at radius 3 is 2.62 bits per heavy atom. The van der Waals surface area contributed by atoms with Crippen LogP contribution < -0.4 is 15.0 Å². The second-order valence-electron chi connectivity index (χ2n) is 5.57. The average Bonchev–Trinajstić information content (AvgIpc) is 2.49. The van der Waals surface area contributed by atoms with E-state index >= 15 is 0 Å². The predicted molar refractivity (Wildman–Crippen MR) is 93.9 cm³/mol. The zero-order valence-electron chi connectivity index (χ0n) is 14.1. The Morgan fingerprint density at radius 1 is 1.33 bits per heavy atom. The van der Waals surface area contributed by atoms with Gasteiger partial charge in [0.1, 0.15) is 11.6 Å². The Kier molecular flexibility index (Phi) is 5.53. The third-order valence-electron chi connectivity index (χ3n) is 3.25. The van der Waals surface area contributed by atoms with Crippen LogP contribution in [-0.4, -0.2) is 17.7 Å². The monoisotopic (exact) mass is 346 g/mol. The van der Waals surface area contributed by atoms with Crippen molar-refractivity contribution < 1.29 is 9.47 Å². The lowest BCUT2D eigenvalue weighted by atomic mass is 10.0. The summed E-state index contributed by atoms with van der Waals surface area (Å²) in [5.74, 6) is 0.938. The standard InChI is InChI=1S/C18H19ClN2O3/c1-5-23-16-8-12(7-15(19)17(16)24-10(2)3)13-6-11(4)21-18(22)14(13)9-20/h6-8,10H,5H2,1-4H3,(H,21,22). The number of nitriles is 1. The summed E-state index contributed by atoms with van der Waals surface area (Å²) in [5, 5.41) is 9.68. The highest BCUT2D eigenvalue weighted by Crippen LogP contribution is 2.40. The van der Waals surface area contributed by atoms with Crippen LogP contribution in [0.4, 0.5) is 0 Å². The van der Waals surface area contributed by atoms with Gasteiger partial charge in [-0.3, -0.25) is 4.79 Å². The minimum absolute atomic E-state index is 0.0386. The maximum absolute atomic E-state index is 12.0. The van der Waals surface area contributed by atoms with E-state index in [1.54, 1.807) is 25.1 Å². The molecule has 0 fully saturated rings. The summed E-state index contributed by atoms with van der Waals surface area (Å²) >= 11 is 6.37. The summed E-state index contributed by atoms with van der Waals surface area (Å²) in [5.41, 5.74) is 1.41. The van der Waals surface area contributed by atoms with Crippen molar-refractivity contribution in [3.63, 3.8) is 0 Å². The summed E-state index contributed by atoms with van der Waals surface area (Å²) < 4.78 is 11.4. The molecule has 0 spiro atoms. The Hall–Kier alpha value is -2.45. The highest BCUT2D eigenvalue weighted by molar-refractivity contribution is 6.32. The minimum atomic E-state index is -0.427. The summed E-state index contributed by atoms with van der Waals surface area (Å²) in [6.07, 6.45) is -0.0657. The number of hydrogen-bond acceptors (Lipinski definition) is 4. The first kappa shape index (κ1) is 17.9. The van der Waals surface area contributed by atoms with E-state index in [1.165, 1.54) is 0 Å². The summed E-state index contributed by atoms with van der Waals surface area (Å²) in [7, 11) is 0. The molecule has 5 nitrogen and oxygen atoms in total. The quantitative estimate of drug-likeness (QED) is 0.885. The molecule has 6 heteroatoms. The molecule has 0 atom stereocenters. The van der Waals surface area contributed by atoms with E-state index < -0.39 is 5.56 Å². The van der Waals surface area contributed by atoms with Gasteiger partial charge in [-0.25, -0.2) is 0 Å². The van der Waals surface area contributed by atoms with Crippen LogP contribution in [0.15, 0.2) is 23.0 Å². The van der Waals surface area contributed by atoms with Gasteiger partial charge in [0.2, 0.25) is 0 Å². The van der Waals surface area contributed by atoms with Gasteiger partial charge in [0.15, 0.2) is 11.5 Å². The third-order valence-corrected chi connectivity index (χ3v) is 3.53. The number of nitrogens with zero attached hydrogens (tertiary/aromatic N) is 1. The first-order chi connectivity index (χ1) is 11.4. The van der Waals surface area contributed by atoms with Gasteiger partial charge in [-0.1, -0.05) is 11.6 Å². The SMILES string of the molecule is CCOc1cc(-c2cc(C)[nH]c(=O)c2C#N)cc(Cl)c1OC(C)C. The van der Waals surface area contributed by atoms with Crippen LogP contribution in [0.5, 0.6) is 11.5 Å². The molecular formula is C18H19ClN2O3. The zero-order valence-corrected chi connectivity index (χ0v) is 14.8. The molecular weight excluding hydrogens is 328 g/mol. The molecule has 0 aliphatic carbocycles. The van der Waals surface area contributed by atoms with E-state index in [2.05, 4.69) is 4.98 Å². The van der Waals surface area contributed by atoms with E-state index in [0.29, 0.717) is 39.9 Å². The Morgan fingerprint density at radius 2 is 2.04 bits per heavy atom. The number of aromatic amines is 1. The minimum Gasteiger partial charge on any atom is -0.490 e. The van der Waals surface area contributed by atoms with Gasteiger partial charge >= 0.3 is 0 Å². The molecule has 1 aromatic carbocycles. The fourth-order valence-electron chi connectivity index (χ4n) is 2.36. The molecule has 1 aromatic heterocycles. The van der Waals surface area contributed by atoms with Crippen molar-refractivity contribution in [3.8, 4) is 28.7 Å². The molecule has 0 aliphatic heterocycles. The number of benzene rings is 1. The van der Waals surface area contributed by atoms with Gasteiger partial charge in [-0.15, -0.1) is 0 Å². The van der Waals surface area contributed by atoms with Gasteiger partial charge in [0.25, 0.3) is 5.56 Å². The van der Waals surface area contributed by atoms with Crippen LogP contribution in [0, 0.1) is 18.3 Å². The van der Waals surface area contributed by atoms with Crippen molar-refractivity contribution in [2.75, 3.05) is 6.61 Å². The highest BCUT2D eigenvalue weighted by Gasteiger charge is 2.17. The Labute approximate surface area is 145 Å². The number of aromatic nitrogens is 1. The first-order valence-corrected chi connectivity index (χ1v) is 8.02. The molecule has 0 saturated heterocycles. The second-order valence-corrected chi connectivity index (χ2v) is 5.97. The molecule has 0 bridgehead atoms. The lowest BCUT2D eigenvalue weighted by Crippen LogP contribution is -2.13. The first-order valence-electron chi connectivity index (χ1n) is 7.64. The smallest absolute Gasteiger partial charge is 0.266 e. The van der Waals surface area contributed by atoms with Crippen molar-refractivity contribution in [2.45, 2.75) is 33.8 Å². The number of ether oxygens (including phenoxy) is 2. The van der Waals surface area contributed by atoms with Gasteiger partial charge in [0.05, 0.1) is 17.7 Å². The second kappa shape index (κ2) is 7.41. The molecule has 1 heterocycles. The number of hydrogen-bond donors (Lipinski definition) is 1. The van der Waals surface area contributed by atoms with Crippen LogP contribution in [0.1, 0.15) is 32.0 Å². The van der Waals surface area contributed by atoms with Crippen molar-refractivity contribution in [1.82, 2.24) is 4.98 Å². The topological polar surface area (TPSA) is 75.1 Å². The predicted octanol–water partition coefficient (Wildman–Crippen LogP) is 4.06. The molecule has 0 saturated carbocycles. The molecule has 24 heavy (non-hydrogen) atoms. The van der Waals surface area contributed by atoms with Crippen LogP contribution >= 0.6 is 11.6 Å². The van der Waals surface area contributed by atoms with E-state index in [9.17, 15) is 10.1 Å².